The van der Waals surface area contributed by atoms with Gasteiger partial charge in [-0.1, -0.05) is 19.1 Å². The van der Waals surface area contributed by atoms with Crippen molar-refractivity contribution >= 4 is 11.6 Å². The molecule has 1 aromatic carbocycles. The van der Waals surface area contributed by atoms with Crippen molar-refractivity contribution in [2.45, 2.75) is 18.8 Å². The minimum Gasteiger partial charge on any atom is -0.323 e. The van der Waals surface area contributed by atoms with Gasteiger partial charge in [0.25, 0.3) is 0 Å². The fourth-order valence-electron chi connectivity index (χ4n) is 2.49. The minimum atomic E-state index is -0.405. The zero-order chi connectivity index (χ0) is 9.92. The van der Waals surface area contributed by atoms with Gasteiger partial charge in [0.15, 0.2) is 0 Å². The zero-order valence-corrected chi connectivity index (χ0v) is 7.80. The summed E-state index contributed by atoms with van der Waals surface area (Å²) in [6, 6.07) is 4.90. The monoisotopic (exact) mass is 191 g/mol. The summed E-state index contributed by atoms with van der Waals surface area (Å²) in [7, 11) is 0. The SMILES string of the molecule is CC1CC12C(=O)Nc1c(F)cccc12. The highest BCUT2D eigenvalue weighted by molar-refractivity contribution is 6.08. The van der Waals surface area contributed by atoms with Gasteiger partial charge in [-0.15, -0.1) is 0 Å². The Bertz CT molecular complexity index is 443. The lowest BCUT2D eigenvalue weighted by Gasteiger charge is -2.04. The Labute approximate surface area is 81.1 Å². The predicted molar refractivity (Wildman–Crippen MR) is 50.5 cm³/mol. The van der Waals surface area contributed by atoms with E-state index in [4.69, 9.17) is 0 Å². The summed E-state index contributed by atoms with van der Waals surface area (Å²) in [4.78, 5) is 11.7. The highest BCUT2D eigenvalue weighted by Gasteiger charge is 2.62. The van der Waals surface area contributed by atoms with Crippen molar-refractivity contribution in [1.29, 1.82) is 0 Å². The van der Waals surface area contributed by atoms with Crippen LogP contribution in [0.2, 0.25) is 0 Å². The molecule has 0 bridgehead atoms. The molecule has 2 nitrogen and oxygen atoms in total. The Balaban J connectivity index is 2.24. The van der Waals surface area contributed by atoms with Crippen LogP contribution in [-0.2, 0) is 10.2 Å². The van der Waals surface area contributed by atoms with Crippen molar-refractivity contribution in [2.75, 3.05) is 5.32 Å². The fraction of sp³-hybridized carbons (Fsp3) is 0.364. The number of carbonyl (C=O) groups excluding carboxylic acids is 1. The number of fused-ring (bicyclic) bond motifs is 2. The number of amides is 1. The average Bonchev–Trinajstić information content (AvgIpc) is 2.73. The molecule has 0 radical (unpaired) electrons. The van der Waals surface area contributed by atoms with Gasteiger partial charge in [-0.25, -0.2) is 4.39 Å². The summed E-state index contributed by atoms with van der Waals surface area (Å²) >= 11 is 0. The number of benzene rings is 1. The lowest BCUT2D eigenvalue weighted by atomic mass is 9.95. The minimum absolute atomic E-state index is 0.0369. The third-order valence-corrected chi connectivity index (χ3v) is 3.45. The number of anilines is 1. The van der Waals surface area contributed by atoms with Gasteiger partial charge in [-0.3, -0.25) is 4.79 Å². The fourth-order valence-corrected chi connectivity index (χ4v) is 2.49. The number of hydrogen-bond acceptors (Lipinski definition) is 1. The molecule has 14 heavy (non-hydrogen) atoms. The van der Waals surface area contributed by atoms with Gasteiger partial charge in [0.1, 0.15) is 5.82 Å². The second-order valence-corrected chi connectivity index (χ2v) is 4.19. The Hall–Kier alpha value is -1.38. The lowest BCUT2D eigenvalue weighted by molar-refractivity contribution is -0.118. The van der Waals surface area contributed by atoms with E-state index in [1.807, 2.05) is 13.0 Å². The van der Waals surface area contributed by atoms with E-state index >= 15 is 0 Å². The van der Waals surface area contributed by atoms with Gasteiger partial charge in [0, 0.05) is 0 Å². The Kier molecular flexibility index (Phi) is 1.23. The molecule has 2 atom stereocenters. The quantitative estimate of drug-likeness (QED) is 0.668. The average molecular weight is 191 g/mol. The number of hydrogen-bond donors (Lipinski definition) is 1. The molecule has 3 heteroatoms. The summed E-state index contributed by atoms with van der Waals surface area (Å²) in [6.07, 6.45) is 0.843. The molecule has 1 spiro atoms. The number of rotatable bonds is 0. The second-order valence-electron chi connectivity index (χ2n) is 4.19. The van der Waals surface area contributed by atoms with E-state index in [0.29, 0.717) is 11.6 Å². The number of carbonyl (C=O) groups is 1. The Morgan fingerprint density at radius 3 is 2.93 bits per heavy atom. The standard InChI is InChI=1S/C11H10FNO/c1-6-5-11(6)7-3-2-4-8(12)9(7)13-10(11)14/h2-4,6H,5H2,1H3,(H,13,14). The smallest absolute Gasteiger partial charge is 0.235 e. The first-order chi connectivity index (χ1) is 6.66. The summed E-state index contributed by atoms with van der Waals surface area (Å²) in [6.45, 7) is 2.03. The van der Waals surface area contributed by atoms with Crippen LogP contribution in [0, 0.1) is 11.7 Å². The first-order valence-corrected chi connectivity index (χ1v) is 4.76. The first kappa shape index (κ1) is 7.97. The van der Waals surface area contributed by atoms with Crippen LogP contribution < -0.4 is 5.32 Å². The van der Waals surface area contributed by atoms with E-state index < -0.39 is 5.41 Å². The van der Waals surface area contributed by atoms with Crippen LogP contribution in [0.15, 0.2) is 18.2 Å². The topological polar surface area (TPSA) is 29.1 Å². The third-order valence-electron chi connectivity index (χ3n) is 3.45. The normalized spacial score (nSPS) is 33.0. The van der Waals surface area contributed by atoms with Crippen LogP contribution in [0.1, 0.15) is 18.9 Å². The van der Waals surface area contributed by atoms with Crippen molar-refractivity contribution in [3.63, 3.8) is 0 Å². The van der Waals surface area contributed by atoms with Gasteiger partial charge in [-0.2, -0.15) is 0 Å². The van der Waals surface area contributed by atoms with Crippen LogP contribution in [0.4, 0.5) is 10.1 Å². The Morgan fingerprint density at radius 2 is 2.29 bits per heavy atom. The lowest BCUT2D eigenvalue weighted by Crippen LogP contribution is -2.20. The number of nitrogens with one attached hydrogen (secondary N) is 1. The molecule has 1 aliphatic carbocycles. The maximum atomic E-state index is 13.3. The molecule has 0 aromatic heterocycles. The summed E-state index contributed by atoms with van der Waals surface area (Å²) < 4.78 is 13.3. The van der Waals surface area contributed by atoms with Crippen LogP contribution in [-0.4, -0.2) is 5.91 Å². The molecule has 1 amide bonds. The van der Waals surface area contributed by atoms with Gasteiger partial charge in [0.2, 0.25) is 5.91 Å². The number of halogens is 1. The van der Waals surface area contributed by atoms with Crippen LogP contribution >= 0.6 is 0 Å². The van der Waals surface area contributed by atoms with Crippen molar-refractivity contribution in [2.24, 2.45) is 5.92 Å². The van der Waals surface area contributed by atoms with E-state index in [0.717, 1.165) is 12.0 Å². The molecule has 1 N–H and O–H groups in total. The maximum Gasteiger partial charge on any atom is 0.235 e. The maximum absolute atomic E-state index is 13.3. The first-order valence-electron chi connectivity index (χ1n) is 4.76. The van der Waals surface area contributed by atoms with Crippen molar-refractivity contribution in [1.82, 2.24) is 0 Å². The van der Waals surface area contributed by atoms with E-state index in [-0.39, 0.29) is 11.7 Å². The van der Waals surface area contributed by atoms with E-state index in [1.165, 1.54) is 6.07 Å². The molecule has 0 saturated heterocycles. The highest BCUT2D eigenvalue weighted by Crippen LogP contribution is 2.59. The molecular weight excluding hydrogens is 181 g/mol. The predicted octanol–water partition coefficient (Wildman–Crippen LogP) is 2.06. The largest absolute Gasteiger partial charge is 0.323 e. The molecule has 3 rings (SSSR count). The summed E-state index contributed by atoms with van der Waals surface area (Å²) in [5, 5.41) is 2.63. The van der Waals surface area contributed by atoms with E-state index in [2.05, 4.69) is 5.32 Å². The number of para-hydroxylation sites is 1. The molecular formula is C11H10FNO. The Morgan fingerprint density at radius 1 is 1.57 bits per heavy atom. The van der Waals surface area contributed by atoms with Crippen LogP contribution in [0.25, 0.3) is 0 Å². The molecule has 1 aliphatic heterocycles. The van der Waals surface area contributed by atoms with Crippen LogP contribution in [0.3, 0.4) is 0 Å². The van der Waals surface area contributed by atoms with Crippen molar-refractivity contribution in [3.05, 3.63) is 29.6 Å². The zero-order valence-electron chi connectivity index (χ0n) is 7.80. The molecule has 1 saturated carbocycles. The second kappa shape index (κ2) is 2.16. The molecule has 1 aromatic rings. The summed E-state index contributed by atoms with van der Waals surface area (Å²) in [5.74, 6) is -0.0255. The van der Waals surface area contributed by atoms with Gasteiger partial charge in [0.05, 0.1) is 11.1 Å². The van der Waals surface area contributed by atoms with Crippen molar-refractivity contribution < 1.29 is 9.18 Å². The summed E-state index contributed by atoms with van der Waals surface area (Å²) in [5.41, 5.74) is 0.828. The van der Waals surface area contributed by atoms with Gasteiger partial charge >= 0.3 is 0 Å². The van der Waals surface area contributed by atoms with Gasteiger partial charge in [-0.05, 0) is 24.0 Å². The molecule has 1 fully saturated rings. The molecule has 2 aliphatic rings. The third kappa shape index (κ3) is 0.694. The highest BCUT2D eigenvalue weighted by atomic mass is 19.1. The van der Waals surface area contributed by atoms with E-state index in [1.54, 1.807) is 6.07 Å². The van der Waals surface area contributed by atoms with Gasteiger partial charge < -0.3 is 5.32 Å². The molecule has 72 valence electrons. The van der Waals surface area contributed by atoms with Crippen molar-refractivity contribution in [3.8, 4) is 0 Å². The van der Waals surface area contributed by atoms with Crippen LogP contribution in [0.5, 0.6) is 0 Å². The molecule has 1 heterocycles. The molecule has 2 unspecified atom stereocenters. The van der Waals surface area contributed by atoms with E-state index in [9.17, 15) is 9.18 Å².